The first-order chi connectivity index (χ1) is 9.15. The van der Waals surface area contributed by atoms with Crippen molar-refractivity contribution in [1.82, 2.24) is 9.97 Å². The van der Waals surface area contributed by atoms with Crippen LogP contribution in [0.5, 0.6) is 17.4 Å². The number of methoxy groups -OCH3 is 2. The van der Waals surface area contributed by atoms with Gasteiger partial charge in [0, 0.05) is 6.42 Å². The van der Waals surface area contributed by atoms with Gasteiger partial charge < -0.3 is 19.6 Å². The predicted molar refractivity (Wildman–Crippen MR) is 68.9 cm³/mol. The summed E-state index contributed by atoms with van der Waals surface area (Å²) < 4.78 is 10.3. The molecule has 0 fully saturated rings. The molecule has 1 heterocycles. The molecule has 0 unspecified atom stereocenters. The van der Waals surface area contributed by atoms with Gasteiger partial charge in [-0.05, 0) is 17.7 Å². The highest BCUT2D eigenvalue weighted by molar-refractivity contribution is 5.44. The van der Waals surface area contributed by atoms with E-state index in [-0.39, 0.29) is 23.4 Å². The van der Waals surface area contributed by atoms with Gasteiger partial charge in [0.2, 0.25) is 5.88 Å². The Morgan fingerprint density at radius 3 is 2.63 bits per heavy atom. The largest absolute Gasteiger partial charge is 0.493 e. The maximum atomic E-state index is 11.6. The molecule has 6 heteroatoms. The molecule has 0 aliphatic carbocycles. The van der Waals surface area contributed by atoms with Crippen LogP contribution in [0.25, 0.3) is 0 Å². The van der Waals surface area contributed by atoms with Crippen LogP contribution in [0.4, 0.5) is 0 Å². The third-order valence-corrected chi connectivity index (χ3v) is 2.76. The van der Waals surface area contributed by atoms with Gasteiger partial charge in [0.25, 0.3) is 5.56 Å². The minimum absolute atomic E-state index is 0.217. The molecule has 19 heavy (non-hydrogen) atoms. The van der Waals surface area contributed by atoms with E-state index in [1.54, 1.807) is 25.3 Å². The molecule has 0 aliphatic rings. The molecule has 1 aromatic carbocycles. The summed E-state index contributed by atoms with van der Waals surface area (Å²) in [5.41, 5.74) is 0.670. The fourth-order valence-electron chi connectivity index (χ4n) is 1.77. The van der Waals surface area contributed by atoms with Crippen LogP contribution in [-0.2, 0) is 6.42 Å². The van der Waals surface area contributed by atoms with E-state index >= 15 is 0 Å². The van der Waals surface area contributed by atoms with Crippen molar-refractivity contribution in [2.45, 2.75) is 6.42 Å². The van der Waals surface area contributed by atoms with Gasteiger partial charge in [-0.25, -0.2) is 4.98 Å². The lowest BCUT2D eigenvalue weighted by molar-refractivity contribution is 0.354. The molecule has 0 radical (unpaired) electrons. The van der Waals surface area contributed by atoms with Gasteiger partial charge in [-0.15, -0.1) is 0 Å². The van der Waals surface area contributed by atoms with Crippen molar-refractivity contribution in [2.24, 2.45) is 0 Å². The fourth-order valence-corrected chi connectivity index (χ4v) is 1.77. The summed E-state index contributed by atoms with van der Waals surface area (Å²) in [4.78, 5) is 17.7. The van der Waals surface area contributed by atoms with Crippen LogP contribution in [0, 0.1) is 0 Å². The van der Waals surface area contributed by atoms with Crippen molar-refractivity contribution < 1.29 is 14.6 Å². The number of hydrogen-bond donors (Lipinski definition) is 2. The molecule has 0 spiro atoms. The molecule has 0 bridgehead atoms. The van der Waals surface area contributed by atoms with Crippen molar-refractivity contribution in [3.63, 3.8) is 0 Å². The number of nitrogens with one attached hydrogen (secondary N) is 1. The smallest absolute Gasteiger partial charge is 0.258 e. The Bertz CT molecular complexity index is 637. The minimum atomic E-state index is -0.359. The number of benzene rings is 1. The Balaban J connectivity index is 2.36. The van der Waals surface area contributed by atoms with E-state index in [2.05, 4.69) is 9.97 Å². The molecule has 0 amide bonds. The lowest BCUT2D eigenvalue weighted by Crippen LogP contribution is -2.13. The van der Waals surface area contributed by atoms with Gasteiger partial charge in [0.05, 0.1) is 26.1 Å². The minimum Gasteiger partial charge on any atom is -0.493 e. The maximum Gasteiger partial charge on any atom is 0.258 e. The molecule has 0 saturated heterocycles. The van der Waals surface area contributed by atoms with Gasteiger partial charge in [-0.1, -0.05) is 6.07 Å². The zero-order valence-electron chi connectivity index (χ0n) is 10.6. The summed E-state index contributed by atoms with van der Waals surface area (Å²) in [7, 11) is 3.09. The summed E-state index contributed by atoms with van der Waals surface area (Å²) >= 11 is 0. The van der Waals surface area contributed by atoms with Crippen LogP contribution in [-0.4, -0.2) is 29.3 Å². The van der Waals surface area contributed by atoms with Gasteiger partial charge in [0.1, 0.15) is 0 Å². The van der Waals surface area contributed by atoms with Gasteiger partial charge in [-0.3, -0.25) is 4.79 Å². The summed E-state index contributed by atoms with van der Waals surface area (Å²) in [5, 5.41) is 9.59. The molecular formula is C13H14N2O4. The highest BCUT2D eigenvalue weighted by atomic mass is 16.5. The van der Waals surface area contributed by atoms with E-state index in [4.69, 9.17) is 9.47 Å². The highest BCUT2D eigenvalue weighted by Gasteiger charge is 2.11. The molecule has 2 rings (SSSR count). The SMILES string of the molecule is COc1ccc(Cc2c(O)nc[nH]c2=O)cc1OC. The first kappa shape index (κ1) is 12.9. The summed E-state index contributed by atoms with van der Waals surface area (Å²) in [6.45, 7) is 0. The van der Waals surface area contributed by atoms with E-state index < -0.39 is 0 Å². The number of hydrogen-bond acceptors (Lipinski definition) is 5. The lowest BCUT2D eigenvalue weighted by Gasteiger charge is -2.09. The lowest BCUT2D eigenvalue weighted by atomic mass is 10.1. The second-order valence-electron chi connectivity index (χ2n) is 3.90. The van der Waals surface area contributed by atoms with Crippen molar-refractivity contribution in [1.29, 1.82) is 0 Å². The number of aromatic nitrogens is 2. The first-order valence-corrected chi connectivity index (χ1v) is 5.62. The standard InChI is InChI=1S/C13H14N2O4/c1-18-10-4-3-8(6-11(10)19-2)5-9-12(16)14-7-15-13(9)17/h3-4,6-7H,5H2,1-2H3,(H2,14,15,16,17). The highest BCUT2D eigenvalue weighted by Crippen LogP contribution is 2.28. The normalized spacial score (nSPS) is 10.2. The Morgan fingerprint density at radius 1 is 1.26 bits per heavy atom. The van der Waals surface area contributed by atoms with Crippen LogP contribution < -0.4 is 15.0 Å². The molecule has 0 aliphatic heterocycles. The number of ether oxygens (including phenoxy) is 2. The molecule has 100 valence electrons. The second-order valence-corrected chi connectivity index (χ2v) is 3.90. The number of H-pyrrole nitrogens is 1. The van der Waals surface area contributed by atoms with Crippen LogP contribution in [0.2, 0.25) is 0 Å². The molecule has 1 aromatic heterocycles. The van der Waals surface area contributed by atoms with Gasteiger partial charge in [0.15, 0.2) is 11.5 Å². The molecule has 6 nitrogen and oxygen atoms in total. The Hall–Kier alpha value is -2.50. The summed E-state index contributed by atoms with van der Waals surface area (Å²) in [5.74, 6) is 0.911. The fraction of sp³-hybridized carbons (Fsp3) is 0.231. The van der Waals surface area contributed by atoms with Crippen molar-refractivity contribution in [2.75, 3.05) is 14.2 Å². The molecular weight excluding hydrogens is 248 g/mol. The number of nitrogens with zero attached hydrogens (tertiary/aromatic N) is 1. The van der Waals surface area contributed by atoms with Crippen molar-refractivity contribution >= 4 is 0 Å². The van der Waals surface area contributed by atoms with Crippen molar-refractivity contribution in [3.8, 4) is 17.4 Å². The van der Waals surface area contributed by atoms with Crippen LogP contribution in [0.3, 0.4) is 0 Å². The third-order valence-electron chi connectivity index (χ3n) is 2.76. The number of aromatic hydroxyl groups is 1. The maximum absolute atomic E-state index is 11.6. The third kappa shape index (κ3) is 2.67. The van der Waals surface area contributed by atoms with Gasteiger partial charge in [-0.2, -0.15) is 0 Å². The Labute approximate surface area is 109 Å². The van der Waals surface area contributed by atoms with Gasteiger partial charge >= 0.3 is 0 Å². The van der Waals surface area contributed by atoms with Crippen molar-refractivity contribution in [3.05, 3.63) is 46.0 Å². The molecule has 2 aromatic rings. The Kier molecular flexibility index (Phi) is 3.70. The quantitative estimate of drug-likeness (QED) is 0.861. The zero-order valence-corrected chi connectivity index (χ0v) is 10.6. The predicted octanol–water partition coefficient (Wildman–Crippen LogP) is 1.08. The summed E-state index contributed by atoms with van der Waals surface area (Å²) in [6.07, 6.45) is 1.42. The monoisotopic (exact) mass is 262 g/mol. The van der Waals surface area contributed by atoms with E-state index in [1.165, 1.54) is 7.11 Å². The van der Waals surface area contributed by atoms with Crippen LogP contribution >= 0.6 is 0 Å². The Morgan fingerprint density at radius 2 is 2.00 bits per heavy atom. The summed E-state index contributed by atoms with van der Waals surface area (Å²) in [6, 6.07) is 5.30. The molecule has 0 saturated carbocycles. The zero-order chi connectivity index (χ0) is 13.8. The van der Waals surface area contributed by atoms with E-state index in [1.807, 2.05) is 0 Å². The topological polar surface area (TPSA) is 84.4 Å². The number of rotatable bonds is 4. The molecule has 0 atom stereocenters. The van der Waals surface area contributed by atoms with E-state index in [0.717, 1.165) is 11.9 Å². The second kappa shape index (κ2) is 5.43. The van der Waals surface area contributed by atoms with Crippen LogP contribution in [0.1, 0.15) is 11.1 Å². The first-order valence-electron chi connectivity index (χ1n) is 5.62. The molecule has 2 N–H and O–H groups in total. The number of aromatic amines is 1. The average Bonchev–Trinajstić information content (AvgIpc) is 2.42. The van der Waals surface area contributed by atoms with E-state index in [9.17, 15) is 9.90 Å². The van der Waals surface area contributed by atoms with E-state index in [0.29, 0.717) is 11.5 Å². The van der Waals surface area contributed by atoms with Crippen LogP contribution in [0.15, 0.2) is 29.3 Å². The average molecular weight is 262 g/mol.